The number of carbonyl (C=O) groups excluding carboxylic acids is 2. The van der Waals surface area contributed by atoms with Crippen molar-refractivity contribution in [1.82, 2.24) is 9.97 Å². The Kier molecular flexibility index (Phi) is 10.5. The van der Waals surface area contributed by atoms with E-state index in [2.05, 4.69) is 53.5 Å². The molecule has 1 unspecified atom stereocenters. The molecular weight excluding hydrogens is 583 g/mol. The van der Waals surface area contributed by atoms with E-state index in [1.165, 1.54) is 21.5 Å². The molecule has 7 rings (SSSR count). The van der Waals surface area contributed by atoms with Crippen LogP contribution >= 0.6 is 0 Å². The van der Waals surface area contributed by atoms with E-state index in [1.807, 2.05) is 44.3 Å². The summed E-state index contributed by atoms with van der Waals surface area (Å²) in [7, 11) is 0. The molecule has 0 saturated carbocycles. The first-order valence-electron chi connectivity index (χ1n) is 13.5. The Labute approximate surface area is 254 Å². The molecule has 1 atom stereocenters. The van der Waals surface area contributed by atoms with Gasteiger partial charge in [0.2, 0.25) is 11.6 Å². The number of carbonyl (C=O) groups is 2. The number of fused-ring (bicyclic) bond motifs is 9. The van der Waals surface area contributed by atoms with Crippen LogP contribution in [0.3, 0.4) is 0 Å². The van der Waals surface area contributed by atoms with Crippen molar-refractivity contribution in [3.05, 3.63) is 120 Å². The molecule has 0 aliphatic heterocycles. The number of ketones is 2. The van der Waals surface area contributed by atoms with Crippen LogP contribution in [0.4, 0.5) is 0 Å². The van der Waals surface area contributed by atoms with Gasteiger partial charge in [0.05, 0.1) is 16.7 Å². The van der Waals surface area contributed by atoms with Gasteiger partial charge in [-0.25, -0.2) is 4.98 Å². The van der Waals surface area contributed by atoms with Crippen molar-refractivity contribution in [2.45, 2.75) is 19.9 Å². The number of aromatic nitrogens is 2. The summed E-state index contributed by atoms with van der Waals surface area (Å²) in [6.45, 7) is 4.44. The number of rotatable bonds is 1. The molecule has 0 fully saturated rings. The van der Waals surface area contributed by atoms with Crippen LogP contribution < -0.4 is 11.5 Å². The zero-order valence-electron chi connectivity index (χ0n) is 23.7. The van der Waals surface area contributed by atoms with Gasteiger partial charge in [-0.05, 0) is 35.7 Å². The van der Waals surface area contributed by atoms with Crippen LogP contribution in [0.5, 0.6) is 0 Å². The average Bonchev–Trinajstić information content (AvgIpc) is 3.04. The van der Waals surface area contributed by atoms with Gasteiger partial charge in [-0.15, -0.1) is 0 Å². The van der Waals surface area contributed by atoms with Crippen LogP contribution in [0.2, 0.25) is 0 Å². The maximum absolute atomic E-state index is 11.8. The molecule has 0 bridgehead atoms. The minimum atomic E-state index is -1.44. The topological polar surface area (TPSA) is 146 Å². The molecule has 1 heterocycles. The van der Waals surface area contributed by atoms with Gasteiger partial charge in [0.1, 0.15) is 0 Å². The Morgan fingerprint density at radius 3 is 1.42 bits per heavy atom. The maximum atomic E-state index is 11.8. The third-order valence-electron chi connectivity index (χ3n) is 6.76. The van der Waals surface area contributed by atoms with E-state index in [-0.39, 0.29) is 6.04 Å². The van der Waals surface area contributed by atoms with Crippen LogP contribution in [0.25, 0.3) is 43.7 Å². The molecule has 6 aromatic rings. The Bertz CT molecular complexity index is 1890. The van der Waals surface area contributed by atoms with Crippen LogP contribution in [-0.4, -0.2) is 34.1 Å². The monoisotopic (exact) mass is 613 g/mol. The van der Waals surface area contributed by atoms with Crippen molar-refractivity contribution in [1.29, 1.82) is 0 Å². The number of nitrogens with two attached hydrogens (primary N) is 2. The van der Waals surface area contributed by atoms with Crippen molar-refractivity contribution in [3.63, 3.8) is 0 Å². The Morgan fingerprint density at radius 1 is 0.651 bits per heavy atom. The fourth-order valence-electron chi connectivity index (χ4n) is 4.79. The van der Waals surface area contributed by atoms with Crippen molar-refractivity contribution in [2.75, 3.05) is 6.54 Å². The zero-order valence-corrected chi connectivity index (χ0v) is 24.8. The van der Waals surface area contributed by atoms with Crippen molar-refractivity contribution in [3.8, 4) is 11.1 Å². The summed E-state index contributed by atoms with van der Waals surface area (Å²) in [5, 5.41) is 4.82. The molecular formula is C34H30MnN4O4. The molecule has 8 nitrogen and oxygen atoms in total. The molecule has 9 heteroatoms. The van der Waals surface area contributed by atoms with Crippen molar-refractivity contribution in [2.24, 2.45) is 11.5 Å². The summed E-state index contributed by atoms with van der Waals surface area (Å²) in [6, 6.07) is 31.4. The Balaban J connectivity index is 0.000000160. The van der Waals surface area contributed by atoms with Crippen LogP contribution in [0.1, 0.15) is 33.3 Å². The van der Waals surface area contributed by atoms with E-state index in [0.717, 1.165) is 27.9 Å². The zero-order chi connectivity index (χ0) is 30.9. The summed E-state index contributed by atoms with van der Waals surface area (Å²) in [5.41, 5.74) is 15.9. The first-order valence-corrected chi connectivity index (χ1v) is 14.4. The van der Waals surface area contributed by atoms with Crippen LogP contribution in [0.15, 0.2) is 103 Å². The molecule has 1 aliphatic rings. The Morgan fingerprint density at radius 2 is 1.00 bits per heavy atom. The van der Waals surface area contributed by atoms with E-state index in [4.69, 9.17) is 24.1 Å². The second-order valence-electron chi connectivity index (χ2n) is 9.83. The molecule has 5 aromatic carbocycles. The van der Waals surface area contributed by atoms with E-state index in [9.17, 15) is 9.59 Å². The third kappa shape index (κ3) is 6.88. The van der Waals surface area contributed by atoms with E-state index in [1.54, 1.807) is 24.3 Å². The molecule has 0 radical (unpaired) electrons. The molecule has 0 spiro atoms. The van der Waals surface area contributed by atoms with Crippen molar-refractivity contribution >= 4 is 44.1 Å². The average molecular weight is 614 g/mol. The van der Waals surface area contributed by atoms with E-state index in [0.29, 0.717) is 17.7 Å². The molecule has 217 valence electrons. The predicted octanol–water partition coefficient (Wildman–Crippen LogP) is 6.03. The number of nitrogens with zero attached hydrogens (tertiary/aromatic N) is 2. The summed E-state index contributed by atoms with van der Waals surface area (Å²) < 4.78 is 16.8. The number of Topliss-reactive ketones (excluding diaryl/α,β-unsaturated/α-hetero) is 2. The minimum absolute atomic E-state index is 0.162. The van der Waals surface area contributed by atoms with Gasteiger partial charge >= 0.3 is 22.5 Å². The molecule has 1 aromatic heterocycles. The number of benzene rings is 5. The van der Waals surface area contributed by atoms with Gasteiger partial charge in [0, 0.05) is 40.7 Å². The van der Waals surface area contributed by atoms with E-state index >= 15 is 0 Å². The van der Waals surface area contributed by atoms with E-state index < -0.39 is 26.4 Å². The van der Waals surface area contributed by atoms with Crippen molar-refractivity contribution < 1.29 is 32.1 Å². The number of hydrogen-bond donors (Lipinski definition) is 2. The summed E-state index contributed by atoms with van der Waals surface area (Å²) in [5.74, 6) is -0.816. The van der Waals surface area contributed by atoms with Gasteiger partial charge in [-0.3, -0.25) is 14.6 Å². The fourth-order valence-corrected chi connectivity index (χ4v) is 4.79. The predicted molar refractivity (Wildman–Crippen MR) is 164 cm³/mol. The second kappa shape index (κ2) is 14.5. The number of aryl methyl sites for hydroxylation is 1. The summed E-state index contributed by atoms with van der Waals surface area (Å²) in [6.07, 6.45) is 1.84. The SMILES string of the molecule is CC(N)CN.Cc1cnc2c3ccccc3c3ccccc3c2n1.O=C1C(=O)c2ccccc2-c2ccccc21.[O]=[Mn]=[O]. The first-order chi connectivity index (χ1) is 20.8. The molecule has 1 aliphatic carbocycles. The van der Waals surface area contributed by atoms with Gasteiger partial charge in [0.25, 0.3) is 0 Å². The van der Waals surface area contributed by atoms with Crippen LogP contribution in [0, 0.1) is 6.92 Å². The molecule has 0 amide bonds. The molecule has 4 N–H and O–H groups in total. The summed E-state index contributed by atoms with van der Waals surface area (Å²) in [4.78, 5) is 32.9. The molecule has 43 heavy (non-hydrogen) atoms. The quantitative estimate of drug-likeness (QED) is 0.130. The molecule has 0 saturated heterocycles. The normalized spacial score (nSPS) is 12.0. The number of hydrogen-bond acceptors (Lipinski definition) is 8. The Hall–Kier alpha value is -4.66. The van der Waals surface area contributed by atoms with Crippen LogP contribution in [-0.2, 0) is 22.5 Å². The van der Waals surface area contributed by atoms with Gasteiger partial charge in [-0.2, -0.15) is 0 Å². The second-order valence-corrected chi connectivity index (χ2v) is 10.0. The first kappa shape index (κ1) is 31.3. The third-order valence-corrected chi connectivity index (χ3v) is 6.76. The fraction of sp³-hybridized carbons (Fsp3) is 0.118. The van der Waals surface area contributed by atoms with Gasteiger partial charge < -0.3 is 11.5 Å². The standard InChI is InChI=1S/C17H12N2.C14H8O2.C3H10N2.Mn.2O/c1-11-10-18-16-14-8-4-2-6-12(14)13-7-3-5-9-15(13)17(16)19-11;15-13-11-7-3-1-5-9(11)10-6-2-4-8-12(10)14(13)16;1-3(5)2-4;;;/h2-10H,1H3;1-8H;3H,2,4-5H2,1H3;;;. The van der Waals surface area contributed by atoms with Gasteiger partial charge in [0.15, 0.2) is 0 Å². The summed E-state index contributed by atoms with van der Waals surface area (Å²) >= 11 is -1.44. The van der Waals surface area contributed by atoms with Gasteiger partial charge in [-0.1, -0.05) is 97.1 Å².